The Labute approximate surface area is 171 Å². The van der Waals surface area contributed by atoms with Crippen molar-refractivity contribution in [3.05, 3.63) is 59.4 Å². The van der Waals surface area contributed by atoms with Gasteiger partial charge in [0.1, 0.15) is 5.75 Å². The minimum absolute atomic E-state index is 0.0351. The third-order valence-corrected chi connectivity index (χ3v) is 6.13. The lowest BCUT2D eigenvalue weighted by Crippen LogP contribution is -2.50. The number of piperidine rings is 1. The van der Waals surface area contributed by atoms with Gasteiger partial charge in [-0.2, -0.15) is 0 Å². The first kappa shape index (κ1) is 19.4. The van der Waals surface area contributed by atoms with Gasteiger partial charge in [0, 0.05) is 38.1 Å². The number of methoxy groups -OCH3 is 1. The normalized spacial score (nSPS) is 21.7. The van der Waals surface area contributed by atoms with Gasteiger partial charge >= 0.3 is 0 Å². The van der Waals surface area contributed by atoms with Gasteiger partial charge in [0.15, 0.2) is 0 Å². The second-order valence-electron chi connectivity index (χ2n) is 8.13. The van der Waals surface area contributed by atoms with Gasteiger partial charge in [-0.3, -0.25) is 14.6 Å². The van der Waals surface area contributed by atoms with Crippen molar-refractivity contribution in [2.75, 3.05) is 26.7 Å². The van der Waals surface area contributed by atoms with Crippen LogP contribution in [0.1, 0.15) is 40.9 Å². The van der Waals surface area contributed by atoms with Crippen molar-refractivity contribution < 1.29 is 14.3 Å². The zero-order valence-electron chi connectivity index (χ0n) is 17.1. The summed E-state index contributed by atoms with van der Waals surface area (Å²) in [7, 11) is 1.65. The summed E-state index contributed by atoms with van der Waals surface area (Å²) in [4.78, 5) is 34.3. The van der Waals surface area contributed by atoms with Crippen LogP contribution in [0.5, 0.6) is 5.75 Å². The van der Waals surface area contributed by atoms with E-state index in [-0.39, 0.29) is 11.8 Å². The van der Waals surface area contributed by atoms with E-state index in [0.717, 1.165) is 42.8 Å². The molecule has 0 radical (unpaired) electrons. The van der Waals surface area contributed by atoms with Gasteiger partial charge in [-0.25, -0.2) is 0 Å². The van der Waals surface area contributed by atoms with Crippen molar-refractivity contribution in [2.45, 2.75) is 32.7 Å². The lowest BCUT2D eigenvalue weighted by atomic mass is 9.78. The molecule has 2 aliphatic rings. The highest BCUT2D eigenvalue weighted by Gasteiger charge is 2.49. The number of likely N-dealkylation sites (tertiary alicyclic amines) is 2. The number of carbonyl (C=O) groups is 2. The Morgan fingerprint density at radius 1 is 1.21 bits per heavy atom. The number of pyridine rings is 1. The summed E-state index contributed by atoms with van der Waals surface area (Å²) in [5, 5.41) is 0. The Hall–Kier alpha value is -2.89. The van der Waals surface area contributed by atoms with E-state index in [0.29, 0.717) is 25.2 Å². The van der Waals surface area contributed by atoms with Gasteiger partial charge in [0.2, 0.25) is 5.91 Å². The molecule has 0 bridgehead atoms. The summed E-state index contributed by atoms with van der Waals surface area (Å²) >= 11 is 0. The van der Waals surface area contributed by atoms with Gasteiger partial charge < -0.3 is 14.5 Å². The predicted molar refractivity (Wildman–Crippen MR) is 110 cm³/mol. The fourth-order valence-corrected chi connectivity index (χ4v) is 4.50. The third-order valence-electron chi connectivity index (χ3n) is 6.13. The highest BCUT2D eigenvalue weighted by molar-refractivity contribution is 5.95. The Kier molecular flexibility index (Phi) is 5.26. The summed E-state index contributed by atoms with van der Waals surface area (Å²) < 4.78 is 5.30. The van der Waals surface area contributed by atoms with Crippen LogP contribution in [0, 0.1) is 12.3 Å². The van der Waals surface area contributed by atoms with Gasteiger partial charge in [-0.1, -0.05) is 12.1 Å². The maximum atomic E-state index is 13.4. The van der Waals surface area contributed by atoms with Gasteiger partial charge in [0.25, 0.3) is 5.91 Å². The van der Waals surface area contributed by atoms with Crippen LogP contribution in [-0.2, 0) is 11.3 Å². The van der Waals surface area contributed by atoms with E-state index >= 15 is 0 Å². The van der Waals surface area contributed by atoms with Crippen LogP contribution < -0.4 is 4.74 Å². The SMILES string of the molecule is COc1cccc(CN2CCC[C@@]3(CCN(C(=O)c4ccc(C)nc4)C3)C2=O)c1. The molecule has 3 heterocycles. The van der Waals surface area contributed by atoms with E-state index in [1.165, 1.54) is 0 Å². The number of nitrogens with zero attached hydrogens (tertiary/aromatic N) is 3. The van der Waals surface area contributed by atoms with Crippen LogP contribution in [0.3, 0.4) is 0 Å². The fourth-order valence-electron chi connectivity index (χ4n) is 4.50. The number of carbonyl (C=O) groups excluding carboxylic acids is 2. The summed E-state index contributed by atoms with van der Waals surface area (Å²) in [5.41, 5.74) is 2.08. The van der Waals surface area contributed by atoms with Crippen LogP contribution in [0.25, 0.3) is 0 Å². The molecule has 2 saturated heterocycles. The Morgan fingerprint density at radius 3 is 2.83 bits per heavy atom. The predicted octanol–water partition coefficient (Wildman–Crippen LogP) is 3.05. The van der Waals surface area contributed by atoms with Gasteiger partial charge in [-0.15, -0.1) is 0 Å². The van der Waals surface area contributed by atoms with Gasteiger partial charge in [0.05, 0.1) is 18.1 Å². The van der Waals surface area contributed by atoms with Crippen LogP contribution >= 0.6 is 0 Å². The second kappa shape index (κ2) is 7.85. The number of ether oxygens (including phenoxy) is 1. The van der Waals surface area contributed by atoms with E-state index < -0.39 is 5.41 Å². The highest BCUT2D eigenvalue weighted by Crippen LogP contribution is 2.41. The maximum absolute atomic E-state index is 13.4. The first-order valence-electron chi connectivity index (χ1n) is 10.1. The number of rotatable bonds is 4. The standard InChI is InChI=1S/C23H27N3O3/c1-17-7-8-19(14-24-17)21(27)26-12-10-23(16-26)9-4-11-25(22(23)28)15-18-5-3-6-20(13-18)29-2/h3,5-8,13-14H,4,9-12,15-16H2,1-2H3/t23-/m0/s1. The van der Waals surface area contributed by atoms with Gasteiger partial charge in [-0.05, 0) is 56.0 Å². The van der Waals surface area contributed by atoms with Crippen molar-refractivity contribution >= 4 is 11.8 Å². The van der Waals surface area contributed by atoms with E-state index in [1.54, 1.807) is 13.3 Å². The molecule has 1 spiro atoms. The fraction of sp³-hybridized carbons (Fsp3) is 0.435. The summed E-state index contributed by atoms with van der Waals surface area (Å²) in [6.07, 6.45) is 4.16. The van der Waals surface area contributed by atoms with E-state index in [2.05, 4.69) is 4.98 Å². The number of aromatic nitrogens is 1. The quantitative estimate of drug-likeness (QED) is 0.801. The zero-order valence-corrected chi connectivity index (χ0v) is 17.1. The van der Waals surface area contributed by atoms with E-state index in [1.807, 2.05) is 53.1 Å². The van der Waals surface area contributed by atoms with Crippen LogP contribution in [0.2, 0.25) is 0 Å². The molecule has 1 aromatic carbocycles. The summed E-state index contributed by atoms with van der Waals surface area (Å²) in [5.74, 6) is 0.932. The third kappa shape index (κ3) is 3.84. The molecule has 4 rings (SSSR count). The maximum Gasteiger partial charge on any atom is 0.255 e. The molecule has 0 saturated carbocycles. The monoisotopic (exact) mass is 393 g/mol. The topological polar surface area (TPSA) is 62.7 Å². The lowest BCUT2D eigenvalue weighted by Gasteiger charge is -2.39. The lowest BCUT2D eigenvalue weighted by molar-refractivity contribution is -0.146. The Morgan fingerprint density at radius 2 is 2.07 bits per heavy atom. The smallest absolute Gasteiger partial charge is 0.255 e. The van der Waals surface area contributed by atoms with Crippen LogP contribution in [-0.4, -0.2) is 53.3 Å². The summed E-state index contributed by atoms with van der Waals surface area (Å²) in [6, 6.07) is 11.5. The number of amides is 2. The first-order chi connectivity index (χ1) is 14.0. The van der Waals surface area contributed by atoms with Crippen LogP contribution in [0.4, 0.5) is 0 Å². The number of benzene rings is 1. The number of hydrogen-bond donors (Lipinski definition) is 0. The molecule has 29 heavy (non-hydrogen) atoms. The molecular weight excluding hydrogens is 366 g/mol. The molecule has 0 aliphatic carbocycles. The highest BCUT2D eigenvalue weighted by atomic mass is 16.5. The molecule has 6 heteroatoms. The van der Waals surface area contributed by atoms with E-state index in [9.17, 15) is 9.59 Å². The molecule has 2 aromatic rings. The minimum Gasteiger partial charge on any atom is -0.497 e. The molecule has 2 aliphatic heterocycles. The molecule has 1 atom stereocenters. The zero-order chi connectivity index (χ0) is 20.4. The molecular formula is C23H27N3O3. The Balaban J connectivity index is 1.47. The average Bonchev–Trinajstić information content (AvgIpc) is 3.17. The van der Waals surface area contributed by atoms with Crippen LogP contribution in [0.15, 0.2) is 42.6 Å². The molecule has 6 nitrogen and oxygen atoms in total. The van der Waals surface area contributed by atoms with E-state index in [4.69, 9.17) is 4.74 Å². The molecule has 152 valence electrons. The molecule has 0 N–H and O–H groups in total. The van der Waals surface area contributed by atoms with Crippen molar-refractivity contribution in [1.29, 1.82) is 0 Å². The molecule has 1 aromatic heterocycles. The summed E-state index contributed by atoms with van der Waals surface area (Å²) in [6.45, 7) is 4.34. The van der Waals surface area contributed by atoms with Crippen molar-refractivity contribution in [2.24, 2.45) is 5.41 Å². The minimum atomic E-state index is -0.453. The number of aryl methyl sites for hydroxylation is 1. The molecule has 2 fully saturated rings. The molecule has 0 unspecified atom stereocenters. The van der Waals surface area contributed by atoms with Crippen molar-refractivity contribution in [1.82, 2.24) is 14.8 Å². The first-order valence-corrected chi connectivity index (χ1v) is 10.1. The van der Waals surface area contributed by atoms with Crippen molar-refractivity contribution in [3.63, 3.8) is 0 Å². The average molecular weight is 393 g/mol. The largest absolute Gasteiger partial charge is 0.497 e. The van der Waals surface area contributed by atoms with Crippen molar-refractivity contribution in [3.8, 4) is 5.75 Å². The number of hydrogen-bond acceptors (Lipinski definition) is 4. The molecule has 2 amide bonds. The second-order valence-corrected chi connectivity index (χ2v) is 8.13. The Bertz CT molecular complexity index is 912.